The topological polar surface area (TPSA) is 46.0 Å². The maximum Gasteiger partial charge on any atom is 0.0974 e. The van der Waals surface area contributed by atoms with Crippen molar-refractivity contribution in [3.05, 3.63) is 96.8 Å². The predicted molar refractivity (Wildman–Crippen MR) is 119 cm³/mol. The Hall–Kier alpha value is -3.56. The number of nitrogens with zero attached hydrogens (tertiary/aromatic N) is 2. The van der Waals surface area contributed by atoms with Crippen LogP contribution >= 0.6 is 0 Å². The lowest BCUT2D eigenvalue weighted by molar-refractivity contribution is 0.298. The Kier molecular flexibility index (Phi) is 4.51. The molecule has 1 N–H and O–H groups in total. The highest BCUT2D eigenvalue weighted by Crippen LogP contribution is 2.35. The molecule has 29 heavy (non-hydrogen) atoms. The summed E-state index contributed by atoms with van der Waals surface area (Å²) in [4.78, 5) is 9.60. The first kappa shape index (κ1) is 17.5. The van der Waals surface area contributed by atoms with E-state index >= 15 is 0 Å². The summed E-state index contributed by atoms with van der Waals surface area (Å²) in [5.74, 6) is 0. The van der Waals surface area contributed by atoms with Crippen LogP contribution in [-0.4, -0.2) is 21.7 Å². The van der Waals surface area contributed by atoms with E-state index in [1.807, 2.05) is 42.6 Å². The van der Waals surface area contributed by atoms with Gasteiger partial charge in [0.15, 0.2) is 0 Å². The molecule has 5 aromatic rings. The Labute approximate surface area is 169 Å². The van der Waals surface area contributed by atoms with Crippen LogP contribution in [0.15, 0.2) is 91.1 Å². The first-order valence-electron chi connectivity index (χ1n) is 9.78. The van der Waals surface area contributed by atoms with E-state index < -0.39 is 0 Å². The highest BCUT2D eigenvalue weighted by Gasteiger charge is 2.13. The molecular formula is C26H20N2O. The minimum Gasteiger partial charge on any atom is -0.396 e. The van der Waals surface area contributed by atoms with Crippen molar-refractivity contribution >= 4 is 21.8 Å². The average molecular weight is 376 g/mol. The summed E-state index contributed by atoms with van der Waals surface area (Å²) >= 11 is 0. The van der Waals surface area contributed by atoms with Crippen molar-refractivity contribution < 1.29 is 5.11 Å². The third-order valence-corrected chi connectivity index (χ3v) is 5.28. The molecule has 0 atom stereocenters. The largest absolute Gasteiger partial charge is 0.396 e. The summed E-state index contributed by atoms with van der Waals surface area (Å²) < 4.78 is 0. The van der Waals surface area contributed by atoms with Crippen molar-refractivity contribution in [2.24, 2.45) is 0 Å². The molecule has 0 aliphatic carbocycles. The molecule has 0 unspecified atom stereocenters. The third kappa shape index (κ3) is 3.16. The van der Waals surface area contributed by atoms with Gasteiger partial charge in [0.2, 0.25) is 0 Å². The summed E-state index contributed by atoms with van der Waals surface area (Å²) in [6.45, 7) is 0.0696. The molecule has 0 amide bonds. The summed E-state index contributed by atoms with van der Waals surface area (Å²) in [6, 6.07) is 29.1. The molecule has 2 aromatic heterocycles. The molecule has 0 saturated carbocycles. The molecule has 0 spiro atoms. The van der Waals surface area contributed by atoms with Gasteiger partial charge >= 0.3 is 0 Å². The van der Waals surface area contributed by atoms with Crippen LogP contribution in [0.4, 0.5) is 0 Å². The molecule has 3 heteroatoms. The Morgan fingerprint density at radius 2 is 1.28 bits per heavy atom. The van der Waals surface area contributed by atoms with Gasteiger partial charge in [-0.25, -0.2) is 0 Å². The Balaban J connectivity index is 1.84. The van der Waals surface area contributed by atoms with Crippen molar-refractivity contribution in [3.63, 3.8) is 0 Å². The zero-order chi connectivity index (χ0) is 19.6. The quantitative estimate of drug-likeness (QED) is 0.412. The molecule has 3 aromatic carbocycles. The predicted octanol–water partition coefficient (Wildman–Crippen LogP) is 5.65. The van der Waals surface area contributed by atoms with Gasteiger partial charge in [-0.3, -0.25) is 9.97 Å². The van der Waals surface area contributed by atoms with Gasteiger partial charge in [-0.1, -0.05) is 72.8 Å². The lowest BCUT2D eigenvalue weighted by atomic mass is 9.95. The number of hydrogen-bond donors (Lipinski definition) is 1. The van der Waals surface area contributed by atoms with Crippen LogP contribution in [0.1, 0.15) is 5.69 Å². The van der Waals surface area contributed by atoms with Crippen LogP contribution in [-0.2, 0) is 6.42 Å². The molecule has 140 valence electrons. The van der Waals surface area contributed by atoms with Crippen LogP contribution in [0, 0.1) is 0 Å². The van der Waals surface area contributed by atoms with Crippen LogP contribution in [0.2, 0.25) is 0 Å². The Bertz CT molecular complexity index is 1300. The average Bonchev–Trinajstić information content (AvgIpc) is 2.79. The summed E-state index contributed by atoms with van der Waals surface area (Å²) in [5.41, 5.74) is 7.21. The molecule has 5 rings (SSSR count). The van der Waals surface area contributed by atoms with E-state index in [2.05, 4.69) is 48.5 Å². The van der Waals surface area contributed by atoms with E-state index in [0.717, 1.165) is 49.8 Å². The zero-order valence-corrected chi connectivity index (χ0v) is 15.9. The number of aliphatic hydroxyl groups excluding tert-OH is 1. The van der Waals surface area contributed by atoms with Crippen molar-refractivity contribution in [2.75, 3.05) is 6.61 Å². The molecule has 0 fully saturated rings. The van der Waals surface area contributed by atoms with Crippen molar-refractivity contribution in [2.45, 2.75) is 6.42 Å². The lowest BCUT2D eigenvalue weighted by Gasteiger charge is -2.13. The molecule has 3 nitrogen and oxygen atoms in total. The number of aliphatic hydroxyl groups is 1. The number of fused-ring (bicyclic) bond motifs is 3. The fourth-order valence-electron chi connectivity index (χ4n) is 3.92. The summed E-state index contributed by atoms with van der Waals surface area (Å²) in [7, 11) is 0. The van der Waals surface area contributed by atoms with Crippen LogP contribution in [0.3, 0.4) is 0 Å². The number of rotatable bonds is 4. The van der Waals surface area contributed by atoms with E-state index in [4.69, 9.17) is 9.97 Å². The highest BCUT2D eigenvalue weighted by molar-refractivity contribution is 6.11. The van der Waals surface area contributed by atoms with Gasteiger partial charge in [0, 0.05) is 35.7 Å². The van der Waals surface area contributed by atoms with Gasteiger partial charge in [-0.05, 0) is 34.4 Å². The standard InChI is InChI=1S/C26H20N2O/c29-16-14-20-17-24(19-9-5-2-6-10-19)23-12-11-22-21(18-7-3-1-4-8-18)13-15-27-25(22)26(23)28-20/h1-13,15,17,29H,14,16H2. The Morgan fingerprint density at radius 3 is 1.93 bits per heavy atom. The summed E-state index contributed by atoms with van der Waals surface area (Å²) in [6.07, 6.45) is 2.37. The summed E-state index contributed by atoms with van der Waals surface area (Å²) in [5, 5.41) is 11.7. The second-order valence-electron chi connectivity index (χ2n) is 7.08. The van der Waals surface area contributed by atoms with E-state index in [0.29, 0.717) is 6.42 Å². The second-order valence-corrected chi connectivity index (χ2v) is 7.08. The fourth-order valence-corrected chi connectivity index (χ4v) is 3.92. The minimum absolute atomic E-state index is 0.0696. The maximum absolute atomic E-state index is 9.50. The van der Waals surface area contributed by atoms with Crippen molar-refractivity contribution in [1.29, 1.82) is 0 Å². The first-order valence-corrected chi connectivity index (χ1v) is 9.78. The number of aromatic nitrogens is 2. The molecular weight excluding hydrogens is 356 g/mol. The number of benzene rings is 3. The van der Waals surface area contributed by atoms with Crippen LogP contribution in [0.5, 0.6) is 0 Å². The SMILES string of the molecule is OCCc1cc(-c2ccccc2)c2ccc3c(-c4ccccc4)ccnc3c2n1. The van der Waals surface area contributed by atoms with E-state index in [1.54, 1.807) is 0 Å². The fraction of sp³-hybridized carbons (Fsp3) is 0.0769. The molecule has 0 aliphatic rings. The van der Waals surface area contributed by atoms with Gasteiger partial charge in [-0.15, -0.1) is 0 Å². The third-order valence-electron chi connectivity index (χ3n) is 5.28. The van der Waals surface area contributed by atoms with Gasteiger partial charge < -0.3 is 5.11 Å². The zero-order valence-electron chi connectivity index (χ0n) is 15.9. The van der Waals surface area contributed by atoms with Crippen LogP contribution < -0.4 is 0 Å². The van der Waals surface area contributed by atoms with Gasteiger partial charge in [0.25, 0.3) is 0 Å². The molecule has 2 heterocycles. The molecule has 0 saturated heterocycles. The van der Waals surface area contributed by atoms with E-state index in [1.165, 1.54) is 0 Å². The first-order chi connectivity index (χ1) is 14.3. The molecule has 0 bridgehead atoms. The normalized spacial score (nSPS) is 11.2. The second kappa shape index (κ2) is 7.46. The van der Waals surface area contributed by atoms with E-state index in [-0.39, 0.29) is 6.61 Å². The maximum atomic E-state index is 9.50. The minimum atomic E-state index is 0.0696. The van der Waals surface area contributed by atoms with E-state index in [9.17, 15) is 5.11 Å². The van der Waals surface area contributed by atoms with Gasteiger partial charge in [0.1, 0.15) is 0 Å². The smallest absolute Gasteiger partial charge is 0.0974 e. The van der Waals surface area contributed by atoms with Crippen LogP contribution in [0.25, 0.3) is 44.1 Å². The lowest BCUT2D eigenvalue weighted by Crippen LogP contribution is -1.98. The number of pyridine rings is 2. The van der Waals surface area contributed by atoms with Gasteiger partial charge in [-0.2, -0.15) is 0 Å². The monoisotopic (exact) mass is 376 g/mol. The van der Waals surface area contributed by atoms with Crippen molar-refractivity contribution in [1.82, 2.24) is 9.97 Å². The number of hydrogen-bond acceptors (Lipinski definition) is 3. The van der Waals surface area contributed by atoms with Gasteiger partial charge in [0.05, 0.1) is 11.0 Å². The highest BCUT2D eigenvalue weighted by atomic mass is 16.3. The Morgan fingerprint density at radius 1 is 0.655 bits per heavy atom. The van der Waals surface area contributed by atoms with Crippen molar-refractivity contribution in [3.8, 4) is 22.3 Å². The molecule has 0 aliphatic heterocycles. The molecule has 0 radical (unpaired) electrons.